The molecule has 0 radical (unpaired) electrons. The number of thioether (sulfide) groups is 1. The Hall–Kier alpha value is -3.21. The van der Waals surface area contributed by atoms with E-state index < -0.39 is 9.84 Å². The van der Waals surface area contributed by atoms with Crippen LogP contribution in [0.5, 0.6) is 5.75 Å². The molecule has 30 heavy (non-hydrogen) atoms. The standard InChI is InChI=1S/C23H20N2O3S2/c1-28-20-12-8-9-18(15-20)17-29-23(25-19-10-4-2-5-11-19)22(16-24)30(26,27)21-13-6-3-7-14-21/h2-15,25H,17H2,1H3. The predicted octanol–water partition coefficient (Wildman–Crippen LogP) is 5.21. The third-order valence-corrected chi connectivity index (χ3v) is 7.11. The van der Waals surface area contributed by atoms with Gasteiger partial charge < -0.3 is 10.1 Å². The van der Waals surface area contributed by atoms with Crippen LogP contribution in [0.2, 0.25) is 0 Å². The summed E-state index contributed by atoms with van der Waals surface area (Å²) >= 11 is 1.25. The molecule has 0 spiro atoms. The van der Waals surface area contributed by atoms with Crippen molar-refractivity contribution >= 4 is 27.3 Å². The number of ether oxygens (including phenoxy) is 1. The van der Waals surface area contributed by atoms with E-state index in [1.807, 2.05) is 60.7 Å². The molecule has 152 valence electrons. The molecule has 0 saturated carbocycles. The van der Waals surface area contributed by atoms with Gasteiger partial charge >= 0.3 is 0 Å². The second-order valence-corrected chi connectivity index (χ2v) is 9.09. The second-order valence-electron chi connectivity index (χ2n) is 6.22. The van der Waals surface area contributed by atoms with Crippen LogP contribution < -0.4 is 10.1 Å². The normalized spacial score (nSPS) is 11.9. The molecule has 0 atom stereocenters. The van der Waals surface area contributed by atoms with Crippen LogP contribution in [0.3, 0.4) is 0 Å². The van der Waals surface area contributed by atoms with Gasteiger partial charge in [0.1, 0.15) is 16.8 Å². The summed E-state index contributed by atoms with van der Waals surface area (Å²) < 4.78 is 31.6. The number of nitrogens with one attached hydrogen (secondary N) is 1. The molecule has 0 aliphatic rings. The van der Waals surface area contributed by atoms with Gasteiger partial charge in [0, 0.05) is 11.4 Å². The first-order valence-electron chi connectivity index (χ1n) is 9.07. The first kappa shape index (κ1) is 21.5. The largest absolute Gasteiger partial charge is 0.497 e. The fourth-order valence-corrected chi connectivity index (χ4v) is 5.21. The summed E-state index contributed by atoms with van der Waals surface area (Å²) in [6.07, 6.45) is 0. The molecule has 7 heteroatoms. The number of benzene rings is 3. The Kier molecular flexibility index (Phi) is 7.17. The van der Waals surface area contributed by atoms with Gasteiger partial charge in [-0.25, -0.2) is 8.42 Å². The minimum Gasteiger partial charge on any atom is -0.497 e. The van der Waals surface area contributed by atoms with Gasteiger partial charge in [-0.15, -0.1) is 11.8 Å². The highest BCUT2D eigenvalue weighted by Crippen LogP contribution is 2.31. The molecule has 3 aromatic rings. The summed E-state index contributed by atoms with van der Waals surface area (Å²) in [6.45, 7) is 0. The van der Waals surface area contributed by atoms with Crippen LogP contribution in [0, 0.1) is 11.3 Å². The Morgan fingerprint density at radius 1 is 1.00 bits per heavy atom. The Bertz CT molecular complexity index is 1170. The van der Waals surface area contributed by atoms with Gasteiger partial charge in [0.15, 0.2) is 4.91 Å². The van der Waals surface area contributed by atoms with Crippen molar-refractivity contribution in [2.45, 2.75) is 10.6 Å². The zero-order valence-electron chi connectivity index (χ0n) is 16.3. The minimum absolute atomic E-state index is 0.0795. The van der Waals surface area contributed by atoms with Crippen molar-refractivity contribution in [2.75, 3.05) is 12.4 Å². The average molecular weight is 437 g/mol. The lowest BCUT2D eigenvalue weighted by Gasteiger charge is -2.14. The number of hydrogen-bond acceptors (Lipinski definition) is 6. The van der Waals surface area contributed by atoms with E-state index in [9.17, 15) is 13.7 Å². The predicted molar refractivity (Wildman–Crippen MR) is 121 cm³/mol. The molecule has 0 unspecified atom stereocenters. The summed E-state index contributed by atoms with van der Waals surface area (Å²) in [7, 11) is -2.39. The van der Waals surface area contributed by atoms with Crippen molar-refractivity contribution in [3.63, 3.8) is 0 Å². The molecule has 0 aliphatic carbocycles. The van der Waals surface area contributed by atoms with E-state index in [1.165, 1.54) is 23.9 Å². The van der Waals surface area contributed by atoms with E-state index >= 15 is 0 Å². The molecule has 0 aromatic heterocycles. The maximum absolute atomic E-state index is 13.2. The maximum atomic E-state index is 13.2. The van der Waals surface area contributed by atoms with Crippen LogP contribution in [0.1, 0.15) is 5.56 Å². The summed E-state index contributed by atoms with van der Waals surface area (Å²) in [5, 5.41) is 13.2. The SMILES string of the molecule is COc1cccc(CSC(Nc2ccccc2)=C(C#N)S(=O)(=O)c2ccccc2)c1. The third kappa shape index (κ3) is 5.23. The number of allylic oxidation sites excluding steroid dienone is 1. The van der Waals surface area contributed by atoms with E-state index in [-0.39, 0.29) is 14.8 Å². The molecule has 1 N–H and O–H groups in total. The van der Waals surface area contributed by atoms with Crippen molar-refractivity contribution in [2.24, 2.45) is 0 Å². The van der Waals surface area contributed by atoms with Crippen molar-refractivity contribution < 1.29 is 13.2 Å². The van der Waals surface area contributed by atoms with E-state index in [1.54, 1.807) is 25.3 Å². The number of methoxy groups -OCH3 is 1. The first-order chi connectivity index (χ1) is 14.5. The topological polar surface area (TPSA) is 79.2 Å². The number of anilines is 1. The van der Waals surface area contributed by atoms with E-state index in [0.29, 0.717) is 17.2 Å². The molecule has 0 heterocycles. The number of para-hydroxylation sites is 1. The van der Waals surface area contributed by atoms with Crippen LogP contribution in [-0.2, 0) is 15.6 Å². The van der Waals surface area contributed by atoms with Crippen molar-refractivity contribution in [3.05, 3.63) is 100 Å². The number of sulfone groups is 1. The quantitative estimate of drug-likeness (QED) is 0.489. The van der Waals surface area contributed by atoms with Gasteiger partial charge in [0.2, 0.25) is 9.84 Å². The molecule has 0 aliphatic heterocycles. The monoisotopic (exact) mass is 436 g/mol. The lowest BCUT2D eigenvalue weighted by molar-refractivity contribution is 0.414. The Labute approximate surface area is 180 Å². The molecule has 3 aromatic carbocycles. The third-order valence-electron chi connectivity index (χ3n) is 4.18. The Morgan fingerprint density at radius 3 is 2.30 bits per heavy atom. The number of hydrogen-bond donors (Lipinski definition) is 1. The van der Waals surface area contributed by atoms with Gasteiger partial charge in [0.25, 0.3) is 0 Å². The summed E-state index contributed by atoms with van der Waals surface area (Å²) in [5.74, 6) is 1.18. The van der Waals surface area contributed by atoms with Gasteiger partial charge in [0.05, 0.1) is 12.0 Å². The lowest BCUT2D eigenvalue weighted by Crippen LogP contribution is -2.10. The highest BCUT2D eigenvalue weighted by Gasteiger charge is 2.25. The zero-order valence-corrected chi connectivity index (χ0v) is 17.9. The van der Waals surface area contributed by atoms with Gasteiger partial charge in [-0.2, -0.15) is 5.26 Å². The lowest BCUT2D eigenvalue weighted by atomic mass is 10.2. The Balaban J connectivity index is 2.01. The first-order valence-corrected chi connectivity index (χ1v) is 11.5. The number of nitriles is 1. The summed E-state index contributed by atoms with van der Waals surface area (Å²) in [4.78, 5) is -0.235. The number of rotatable bonds is 8. The van der Waals surface area contributed by atoms with Crippen molar-refractivity contribution in [1.82, 2.24) is 0 Å². The molecular weight excluding hydrogens is 416 g/mol. The molecule has 3 rings (SSSR count). The Morgan fingerprint density at radius 2 is 1.67 bits per heavy atom. The molecular formula is C23H20N2O3S2. The van der Waals surface area contributed by atoms with Crippen LogP contribution in [0.4, 0.5) is 5.69 Å². The maximum Gasteiger partial charge on any atom is 0.219 e. The van der Waals surface area contributed by atoms with Gasteiger partial charge in [-0.1, -0.05) is 48.5 Å². The average Bonchev–Trinajstić information content (AvgIpc) is 2.79. The zero-order chi connectivity index (χ0) is 21.4. The highest BCUT2D eigenvalue weighted by atomic mass is 32.2. The van der Waals surface area contributed by atoms with Crippen LogP contribution in [0.15, 0.2) is 99.8 Å². The smallest absolute Gasteiger partial charge is 0.219 e. The second kappa shape index (κ2) is 10.0. The molecule has 5 nitrogen and oxygen atoms in total. The van der Waals surface area contributed by atoms with E-state index in [2.05, 4.69) is 5.32 Å². The van der Waals surface area contributed by atoms with E-state index in [4.69, 9.17) is 4.74 Å². The fourth-order valence-electron chi connectivity index (χ4n) is 2.68. The molecule has 0 amide bonds. The molecule has 0 fully saturated rings. The van der Waals surface area contributed by atoms with Crippen LogP contribution >= 0.6 is 11.8 Å². The number of nitrogens with zero attached hydrogens (tertiary/aromatic N) is 1. The minimum atomic E-state index is -3.98. The summed E-state index contributed by atoms with van der Waals surface area (Å²) in [6, 6.07) is 26.6. The van der Waals surface area contributed by atoms with E-state index in [0.717, 1.165) is 5.56 Å². The highest BCUT2D eigenvalue weighted by molar-refractivity contribution is 8.04. The summed E-state index contributed by atoms with van der Waals surface area (Å²) in [5.41, 5.74) is 1.64. The molecule has 0 bridgehead atoms. The molecule has 0 saturated heterocycles. The van der Waals surface area contributed by atoms with Crippen molar-refractivity contribution in [1.29, 1.82) is 5.26 Å². The van der Waals surface area contributed by atoms with Gasteiger partial charge in [-0.3, -0.25) is 0 Å². The van der Waals surface area contributed by atoms with Crippen LogP contribution in [-0.4, -0.2) is 15.5 Å². The van der Waals surface area contributed by atoms with Gasteiger partial charge in [-0.05, 0) is 42.0 Å². The fraction of sp³-hybridized carbons (Fsp3) is 0.0870. The van der Waals surface area contributed by atoms with Crippen LogP contribution in [0.25, 0.3) is 0 Å². The van der Waals surface area contributed by atoms with Crippen molar-refractivity contribution in [3.8, 4) is 11.8 Å².